The number of nitrogens with one attached hydrogen (secondary N) is 1. The van der Waals surface area contributed by atoms with Crippen LogP contribution in [0.25, 0.3) is 0 Å². The largest absolute Gasteiger partial charge is 0.463 e. The first-order valence-corrected chi connectivity index (χ1v) is 10.4. The van der Waals surface area contributed by atoms with Crippen LogP contribution in [0.2, 0.25) is 0 Å². The first-order chi connectivity index (χ1) is 14.2. The number of carbonyl (C=O) groups excluding carboxylic acids is 4. The maximum Gasteiger partial charge on any atom is 0.306 e. The Morgan fingerprint density at radius 1 is 0.867 bits per heavy atom. The quantitative estimate of drug-likeness (QED) is 0.362. The SMILES string of the molecule is CCCC(=O)OCC1OC(O)C(NC(C)=O)[C@@H](OC(=O)CCC)[C@@H]1OC(=O)CCC. The first kappa shape index (κ1) is 25.8. The average molecular weight is 431 g/mol. The van der Waals surface area contributed by atoms with Crippen LogP contribution in [0.1, 0.15) is 66.2 Å². The third kappa shape index (κ3) is 8.27. The van der Waals surface area contributed by atoms with E-state index in [1.807, 2.05) is 6.92 Å². The summed E-state index contributed by atoms with van der Waals surface area (Å²) in [7, 11) is 0. The molecule has 10 nitrogen and oxygen atoms in total. The zero-order chi connectivity index (χ0) is 22.7. The van der Waals surface area contributed by atoms with Crippen molar-refractivity contribution < 1.29 is 43.2 Å². The molecule has 3 unspecified atom stereocenters. The van der Waals surface area contributed by atoms with Crippen molar-refractivity contribution in [3.05, 3.63) is 0 Å². The number of ether oxygens (including phenoxy) is 4. The molecule has 1 aliphatic heterocycles. The number of hydrogen-bond acceptors (Lipinski definition) is 9. The van der Waals surface area contributed by atoms with Gasteiger partial charge in [-0.25, -0.2) is 0 Å². The predicted molar refractivity (Wildman–Crippen MR) is 104 cm³/mol. The molecule has 0 spiro atoms. The number of aliphatic hydroxyl groups is 1. The van der Waals surface area contributed by atoms with E-state index in [-0.39, 0.29) is 25.9 Å². The standard InChI is InChI=1S/C20H33NO9/c1-5-8-14(23)27-11-13-18(29-15(24)9-6-2)19(30-16(25)10-7-3)17(20(26)28-13)21-12(4)22/h13,17-20,26H,5-11H2,1-4H3,(H,21,22)/t13?,17?,18-,19-,20?/m1/s1. The van der Waals surface area contributed by atoms with E-state index >= 15 is 0 Å². The fourth-order valence-electron chi connectivity index (χ4n) is 3.01. The van der Waals surface area contributed by atoms with Gasteiger partial charge in [-0.15, -0.1) is 0 Å². The minimum atomic E-state index is -1.57. The summed E-state index contributed by atoms with van der Waals surface area (Å²) >= 11 is 0. The summed E-state index contributed by atoms with van der Waals surface area (Å²) in [4.78, 5) is 47.8. The van der Waals surface area contributed by atoms with E-state index in [1.165, 1.54) is 6.92 Å². The smallest absolute Gasteiger partial charge is 0.306 e. The van der Waals surface area contributed by atoms with Crippen LogP contribution in [-0.4, -0.2) is 66.2 Å². The Morgan fingerprint density at radius 3 is 1.87 bits per heavy atom. The number of carbonyl (C=O) groups is 4. The van der Waals surface area contributed by atoms with Crippen LogP contribution in [-0.2, 0) is 38.1 Å². The predicted octanol–water partition coefficient (Wildman–Crippen LogP) is 0.975. The lowest BCUT2D eigenvalue weighted by molar-refractivity contribution is -0.265. The number of hydrogen-bond donors (Lipinski definition) is 2. The molecule has 1 heterocycles. The van der Waals surface area contributed by atoms with Crippen LogP contribution in [0.5, 0.6) is 0 Å². The molecule has 2 N–H and O–H groups in total. The molecule has 1 saturated heterocycles. The van der Waals surface area contributed by atoms with Crippen molar-refractivity contribution >= 4 is 23.8 Å². The topological polar surface area (TPSA) is 137 Å². The third-order valence-corrected chi connectivity index (χ3v) is 4.34. The maximum absolute atomic E-state index is 12.2. The van der Waals surface area contributed by atoms with E-state index in [9.17, 15) is 24.3 Å². The van der Waals surface area contributed by atoms with Crippen LogP contribution >= 0.6 is 0 Å². The minimum absolute atomic E-state index is 0.103. The first-order valence-electron chi connectivity index (χ1n) is 10.4. The van der Waals surface area contributed by atoms with Crippen molar-refractivity contribution in [2.24, 2.45) is 0 Å². The van der Waals surface area contributed by atoms with Crippen LogP contribution < -0.4 is 5.32 Å². The van der Waals surface area contributed by atoms with Gasteiger partial charge in [-0.05, 0) is 19.3 Å². The monoisotopic (exact) mass is 431 g/mol. The van der Waals surface area contributed by atoms with E-state index in [4.69, 9.17) is 18.9 Å². The molecule has 1 fully saturated rings. The van der Waals surface area contributed by atoms with Crippen molar-refractivity contribution in [2.45, 2.75) is 96.9 Å². The van der Waals surface area contributed by atoms with Gasteiger partial charge in [0.15, 0.2) is 18.5 Å². The van der Waals surface area contributed by atoms with E-state index in [0.29, 0.717) is 19.3 Å². The number of aliphatic hydroxyl groups excluding tert-OH is 1. The summed E-state index contributed by atoms with van der Waals surface area (Å²) in [6, 6.07) is -1.16. The molecule has 0 aromatic rings. The second-order valence-electron chi connectivity index (χ2n) is 7.13. The van der Waals surface area contributed by atoms with Gasteiger partial charge in [-0.3, -0.25) is 19.2 Å². The Balaban J connectivity index is 3.15. The lowest BCUT2D eigenvalue weighted by Gasteiger charge is -2.43. The summed E-state index contributed by atoms with van der Waals surface area (Å²) in [5.41, 5.74) is 0. The van der Waals surface area contributed by atoms with Crippen LogP contribution in [0.3, 0.4) is 0 Å². The Hall–Kier alpha value is -2.20. The van der Waals surface area contributed by atoms with E-state index < -0.39 is 54.5 Å². The molecule has 0 radical (unpaired) electrons. The molecule has 172 valence electrons. The van der Waals surface area contributed by atoms with E-state index in [1.54, 1.807) is 13.8 Å². The van der Waals surface area contributed by atoms with Gasteiger partial charge < -0.3 is 29.4 Å². The van der Waals surface area contributed by atoms with Gasteiger partial charge >= 0.3 is 17.9 Å². The summed E-state index contributed by atoms with van der Waals surface area (Å²) in [6.45, 7) is 6.33. The summed E-state index contributed by atoms with van der Waals surface area (Å²) in [5, 5.41) is 12.9. The molecule has 0 bridgehead atoms. The number of esters is 3. The second kappa shape index (κ2) is 13.2. The van der Waals surface area contributed by atoms with Crippen molar-refractivity contribution in [3.63, 3.8) is 0 Å². The van der Waals surface area contributed by atoms with Gasteiger partial charge in [-0.2, -0.15) is 0 Å². The molecule has 0 aromatic heterocycles. The highest BCUT2D eigenvalue weighted by Gasteiger charge is 2.50. The maximum atomic E-state index is 12.2. The normalized spacial score (nSPS) is 25.8. The van der Waals surface area contributed by atoms with Crippen molar-refractivity contribution in [1.82, 2.24) is 5.32 Å². The van der Waals surface area contributed by atoms with Crippen LogP contribution in [0.15, 0.2) is 0 Å². The van der Waals surface area contributed by atoms with Gasteiger partial charge in [-0.1, -0.05) is 20.8 Å². The van der Waals surface area contributed by atoms with E-state index in [0.717, 1.165) is 0 Å². The third-order valence-electron chi connectivity index (χ3n) is 4.34. The highest BCUT2D eigenvalue weighted by atomic mass is 16.7. The molecular formula is C20H33NO9. The highest BCUT2D eigenvalue weighted by Crippen LogP contribution is 2.27. The minimum Gasteiger partial charge on any atom is -0.463 e. The zero-order valence-corrected chi connectivity index (χ0v) is 18.0. The van der Waals surface area contributed by atoms with Gasteiger partial charge in [0.2, 0.25) is 5.91 Å². The molecule has 0 aliphatic carbocycles. The molecule has 5 atom stereocenters. The second-order valence-corrected chi connectivity index (χ2v) is 7.13. The fourth-order valence-corrected chi connectivity index (χ4v) is 3.01. The molecule has 1 rings (SSSR count). The van der Waals surface area contributed by atoms with Crippen LogP contribution in [0.4, 0.5) is 0 Å². The summed E-state index contributed by atoms with van der Waals surface area (Å²) in [5.74, 6) is -2.11. The summed E-state index contributed by atoms with van der Waals surface area (Å²) in [6.07, 6.45) is -2.99. The molecule has 0 aromatic carbocycles. The van der Waals surface area contributed by atoms with Crippen molar-refractivity contribution in [1.29, 1.82) is 0 Å². The molecule has 10 heteroatoms. The molecule has 30 heavy (non-hydrogen) atoms. The summed E-state index contributed by atoms with van der Waals surface area (Å²) < 4.78 is 21.6. The lowest BCUT2D eigenvalue weighted by Crippen LogP contribution is -2.66. The van der Waals surface area contributed by atoms with Crippen molar-refractivity contribution in [2.75, 3.05) is 6.61 Å². The molecule has 1 aliphatic rings. The van der Waals surface area contributed by atoms with Crippen molar-refractivity contribution in [3.8, 4) is 0 Å². The number of rotatable bonds is 11. The number of amides is 1. The van der Waals surface area contributed by atoms with Gasteiger partial charge in [0.25, 0.3) is 0 Å². The Kier molecular flexibility index (Phi) is 11.3. The Morgan fingerprint density at radius 2 is 1.37 bits per heavy atom. The Labute approximate surface area is 176 Å². The molecule has 1 amide bonds. The van der Waals surface area contributed by atoms with Gasteiger partial charge in [0.05, 0.1) is 0 Å². The lowest BCUT2D eigenvalue weighted by atomic mass is 9.96. The molecule has 0 saturated carbocycles. The highest BCUT2D eigenvalue weighted by molar-refractivity contribution is 5.74. The zero-order valence-electron chi connectivity index (χ0n) is 18.0. The Bertz CT molecular complexity index is 595. The fraction of sp³-hybridized carbons (Fsp3) is 0.800. The average Bonchev–Trinajstić information content (AvgIpc) is 2.65. The molecular weight excluding hydrogens is 398 g/mol. The van der Waals surface area contributed by atoms with E-state index in [2.05, 4.69) is 5.32 Å². The van der Waals surface area contributed by atoms with Gasteiger partial charge in [0.1, 0.15) is 18.8 Å². The van der Waals surface area contributed by atoms with Gasteiger partial charge in [0, 0.05) is 26.2 Å². The van der Waals surface area contributed by atoms with Crippen LogP contribution in [0, 0.1) is 0 Å².